The highest BCUT2D eigenvalue weighted by Gasteiger charge is 2.08. The summed E-state index contributed by atoms with van der Waals surface area (Å²) in [4.78, 5) is 23.7. The molecule has 2 aromatic rings. The number of nitrogens with one attached hydrogen (secondary N) is 2. The van der Waals surface area contributed by atoms with Crippen LogP contribution < -0.4 is 10.6 Å². The minimum absolute atomic E-state index is 0.142. The molecule has 0 unspecified atom stereocenters. The first kappa shape index (κ1) is 16.3. The summed E-state index contributed by atoms with van der Waals surface area (Å²) >= 11 is 11.7. The van der Waals surface area contributed by atoms with E-state index in [0.717, 1.165) is 5.56 Å². The fraction of sp³-hybridized carbons (Fsp3) is 0.125. The zero-order valence-corrected chi connectivity index (χ0v) is 13.3. The standard InChI is InChI=1S/C16H14Cl2N2O2/c1-10-2-4-11(5-3-10)16(22)19-9-15(21)20-14-7-12(17)6-13(18)8-14/h2-8H,9H2,1H3,(H,19,22)(H,20,21). The van der Waals surface area contributed by atoms with Gasteiger partial charge in [0.1, 0.15) is 0 Å². The molecule has 0 spiro atoms. The van der Waals surface area contributed by atoms with Gasteiger partial charge in [-0.1, -0.05) is 40.9 Å². The second-order valence-corrected chi connectivity index (χ2v) is 5.63. The Hall–Kier alpha value is -2.04. The molecule has 114 valence electrons. The Bertz CT molecular complexity index is 680. The van der Waals surface area contributed by atoms with Crippen molar-refractivity contribution in [1.82, 2.24) is 5.32 Å². The van der Waals surface area contributed by atoms with Gasteiger partial charge in [0.15, 0.2) is 0 Å². The Balaban J connectivity index is 1.89. The molecule has 6 heteroatoms. The van der Waals surface area contributed by atoms with Crippen molar-refractivity contribution in [2.24, 2.45) is 0 Å². The predicted molar refractivity (Wildman–Crippen MR) is 88.6 cm³/mol. The number of carbonyl (C=O) groups excluding carboxylic acids is 2. The van der Waals surface area contributed by atoms with E-state index < -0.39 is 0 Å². The minimum atomic E-state index is -0.362. The van der Waals surface area contributed by atoms with Gasteiger partial charge >= 0.3 is 0 Å². The van der Waals surface area contributed by atoms with Crippen LogP contribution in [0.5, 0.6) is 0 Å². The fourth-order valence-corrected chi connectivity index (χ4v) is 2.32. The van der Waals surface area contributed by atoms with E-state index in [9.17, 15) is 9.59 Å². The van der Waals surface area contributed by atoms with Crippen molar-refractivity contribution in [3.8, 4) is 0 Å². The molecule has 0 atom stereocenters. The molecule has 0 aliphatic rings. The molecule has 4 nitrogen and oxygen atoms in total. The lowest BCUT2D eigenvalue weighted by atomic mass is 10.1. The van der Waals surface area contributed by atoms with Crippen molar-refractivity contribution in [3.05, 3.63) is 63.6 Å². The first-order chi connectivity index (χ1) is 10.4. The summed E-state index contributed by atoms with van der Waals surface area (Å²) < 4.78 is 0. The summed E-state index contributed by atoms with van der Waals surface area (Å²) in [5.74, 6) is -0.668. The van der Waals surface area contributed by atoms with E-state index >= 15 is 0 Å². The number of anilines is 1. The van der Waals surface area contributed by atoms with Crippen molar-refractivity contribution in [1.29, 1.82) is 0 Å². The molecule has 0 aliphatic carbocycles. The summed E-state index contributed by atoms with van der Waals surface area (Å²) in [5.41, 5.74) is 2.04. The van der Waals surface area contributed by atoms with Crippen molar-refractivity contribution in [2.75, 3.05) is 11.9 Å². The first-order valence-electron chi connectivity index (χ1n) is 6.55. The van der Waals surface area contributed by atoms with Crippen LogP contribution in [0, 0.1) is 6.92 Å². The SMILES string of the molecule is Cc1ccc(C(=O)NCC(=O)Nc2cc(Cl)cc(Cl)c2)cc1. The van der Waals surface area contributed by atoms with Crippen LogP contribution in [0.4, 0.5) is 5.69 Å². The molecule has 0 bridgehead atoms. The Morgan fingerprint density at radius 1 is 1.00 bits per heavy atom. The zero-order chi connectivity index (χ0) is 16.1. The summed E-state index contributed by atoms with van der Waals surface area (Å²) in [6.07, 6.45) is 0. The maximum atomic E-state index is 11.9. The zero-order valence-electron chi connectivity index (χ0n) is 11.8. The lowest BCUT2D eigenvalue weighted by Gasteiger charge is -2.08. The van der Waals surface area contributed by atoms with Gasteiger partial charge < -0.3 is 10.6 Å². The predicted octanol–water partition coefficient (Wildman–Crippen LogP) is 3.67. The lowest BCUT2D eigenvalue weighted by Crippen LogP contribution is -2.32. The van der Waals surface area contributed by atoms with E-state index in [1.807, 2.05) is 19.1 Å². The Kier molecular flexibility index (Phi) is 5.41. The van der Waals surface area contributed by atoms with Crippen molar-refractivity contribution < 1.29 is 9.59 Å². The highest BCUT2D eigenvalue weighted by atomic mass is 35.5. The molecule has 0 saturated carbocycles. The molecule has 2 N–H and O–H groups in total. The van der Waals surface area contributed by atoms with E-state index in [1.165, 1.54) is 0 Å². The summed E-state index contributed by atoms with van der Waals surface area (Å²) in [5, 5.41) is 6.01. The smallest absolute Gasteiger partial charge is 0.251 e. The second-order valence-electron chi connectivity index (χ2n) is 4.76. The number of rotatable bonds is 4. The van der Waals surface area contributed by atoms with Crippen LogP contribution in [-0.4, -0.2) is 18.4 Å². The minimum Gasteiger partial charge on any atom is -0.343 e. The van der Waals surface area contributed by atoms with Gasteiger partial charge in [-0.05, 0) is 37.3 Å². The molecule has 0 radical (unpaired) electrons. The molecule has 0 aliphatic heterocycles. The molecule has 0 fully saturated rings. The van der Waals surface area contributed by atoms with Crippen molar-refractivity contribution in [3.63, 3.8) is 0 Å². The normalized spacial score (nSPS) is 10.1. The maximum absolute atomic E-state index is 11.9. The average Bonchev–Trinajstić information content (AvgIpc) is 2.44. The van der Waals surface area contributed by atoms with E-state index in [-0.39, 0.29) is 18.4 Å². The van der Waals surface area contributed by atoms with Crippen molar-refractivity contribution in [2.45, 2.75) is 6.92 Å². The molecule has 2 aromatic carbocycles. The van der Waals surface area contributed by atoms with Gasteiger partial charge in [0.05, 0.1) is 6.54 Å². The quantitative estimate of drug-likeness (QED) is 0.894. The fourth-order valence-electron chi connectivity index (χ4n) is 1.80. The van der Waals surface area contributed by atoms with Crippen LogP contribution in [-0.2, 0) is 4.79 Å². The monoisotopic (exact) mass is 336 g/mol. The highest BCUT2D eigenvalue weighted by molar-refractivity contribution is 6.35. The number of aryl methyl sites for hydroxylation is 1. The maximum Gasteiger partial charge on any atom is 0.251 e. The molecular formula is C16H14Cl2N2O2. The average molecular weight is 337 g/mol. The molecule has 0 saturated heterocycles. The summed E-state index contributed by atoms with van der Waals surface area (Å²) in [6, 6.07) is 11.8. The number of carbonyl (C=O) groups is 2. The van der Waals surface area contributed by atoms with Crippen LogP contribution in [0.1, 0.15) is 15.9 Å². The third-order valence-corrected chi connectivity index (χ3v) is 3.31. The van der Waals surface area contributed by atoms with Gasteiger partial charge in [0, 0.05) is 21.3 Å². The van der Waals surface area contributed by atoms with Gasteiger partial charge in [0.25, 0.3) is 5.91 Å². The van der Waals surface area contributed by atoms with Gasteiger partial charge in [-0.2, -0.15) is 0 Å². The van der Waals surface area contributed by atoms with E-state index in [0.29, 0.717) is 21.3 Å². The Labute approximate surface area is 138 Å². The van der Waals surface area contributed by atoms with Crippen molar-refractivity contribution >= 4 is 40.7 Å². The van der Waals surface area contributed by atoms with Crippen LogP contribution in [0.25, 0.3) is 0 Å². The van der Waals surface area contributed by atoms with E-state index in [4.69, 9.17) is 23.2 Å². The van der Waals surface area contributed by atoms with Gasteiger partial charge in [-0.15, -0.1) is 0 Å². The number of amides is 2. The van der Waals surface area contributed by atoms with Crippen LogP contribution in [0.2, 0.25) is 10.0 Å². The van der Waals surface area contributed by atoms with Crippen LogP contribution in [0.15, 0.2) is 42.5 Å². The van der Waals surface area contributed by atoms with E-state index in [1.54, 1.807) is 30.3 Å². The number of hydrogen-bond donors (Lipinski definition) is 2. The largest absolute Gasteiger partial charge is 0.343 e. The molecular weight excluding hydrogens is 323 g/mol. The number of halogens is 2. The number of benzene rings is 2. The lowest BCUT2D eigenvalue weighted by molar-refractivity contribution is -0.115. The second kappa shape index (κ2) is 7.29. The third-order valence-electron chi connectivity index (χ3n) is 2.87. The molecule has 0 heterocycles. The topological polar surface area (TPSA) is 58.2 Å². The Morgan fingerprint density at radius 3 is 2.18 bits per heavy atom. The molecule has 2 rings (SSSR count). The van der Waals surface area contributed by atoms with Crippen LogP contribution in [0.3, 0.4) is 0 Å². The molecule has 0 aromatic heterocycles. The van der Waals surface area contributed by atoms with Gasteiger partial charge in [0.2, 0.25) is 5.91 Å². The third kappa shape index (κ3) is 4.76. The highest BCUT2D eigenvalue weighted by Crippen LogP contribution is 2.22. The summed E-state index contributed by atoms with van der Waals surface area (Å²) in [6.45, 7) is 1.79. The first-order valence-corrected chi connectivity index (χ1v) is 7.30. The Morgan fingerprint density at radius 2 is 1.59 bits per heavy atom. The van der Waals surface area contributed by atoms with Gasteiger partial charge in [-0.25, -0.2) is 0 Å². The molecule has 22 heavy (non-hydrogen) atoms. The molecule has 2 amide bonds. The van der Waals surface area contributed by atoms with Gasteiger partial charge in [-0.3, -0.25) is 9.59 Å². The van der Waals surface area contributed by atoms with Crippen LogP contribution >= 0.6 is 23.2 Å². The van der Waals surface area contributed by atoms with E-state index in [2.05, 4.69) is 10.6 Å². The summed E-state index contributed by atoms with van der Waals surface area (Å²) in [7, 11) is 0. The number of hydrogen-bond acceptors (Lipinski definition) is 2.